The molecule has 0 aromatic heterocycles. The van der Waals surface area contributed by atoms with E-state index < -0.39 is 0 Å². The van der Waals surface area contributed by atoms with Crippen molar-refractivity contribution in [3.05, 3.63) is 71.3 Å². The van der Waals surface area contributed by atoms with Crippen molar-refractivity contribution >= 4 is 5.78 Å². The second-order valence-corrected chi connectivity index (χ2v) is 5.19. The van der Waals surface area contributed by atoms with Gasteiger partial charge in [-0.25, -0.2) is 0 Å². The summed E-state index contributed by atoms with van der Waals surface area (Å²) < 4.78 is 5.69. The third-order valence-corrected chi connectivity index (χ3v) is 3.77. The van der Waals surface area contributed by atoms with Crippen LogP contribution in [0.1, 0.15) is 34.3 Å². The van der Waals surface area contributed by atoms with E-state index in [1.807, 2.05) is 54.6 Å². The Hall–Kier alpha value is -1.93. The normalized spacial score (nSPS) is 18.1. The number of rotatable bonds is 4. The summed E-state index contributed by atoms with van der Waals surface area (Å²) in [5.74, 6) is 0.0965. The zero-order chi connectivity index (χ0) is 13.8. The minimum Gasteiger partial charge on any atom is -0.378 e. The van der Waals surface area contributed by atoms with Gasteiger partial charge in [-0.1, -0.05) is 54.6 Å². The van der Waals surface area contributed by atoms with Gasteiger partial charge >= 0.3 is 0 Å². The van der Waals surface area contributed by atoms with Gasteiger partial charge in [-0.2, -0.15) is 0 Å². The van der Waals surface area contributed by atoms with Crippen LogP contribution >= 0.6 is 0 Å². The summed E-state index contributed by atoms with van der Waals surface area (Å²) in [6, 6.07) is 17.3. The number of hydrogen-bond acceptors (Lipinski definition) is 2. The molecule has 0 radical (unpaired) electrons. The Morgan fingerprint density at radius 2 is 1.80 bits per heavy atom. The summed E-state index contributed by atoms with van der Waals surface area (Å²) in [6.45, 7) is 0.847. The van der Waals surface area contributed by atoms with Crippen LogP contribution < -0.4 is 0 Å². The molecule has 1 heterocycles. The van der Waals surface area contributed by atoms with Crippen LogP contribution in [0.2, 0.25) is 0 Å². The van der Waals surface area contributed by atoms with Gasteiger partial charge in [0.2, 0.25) is 0 Å². The second kappa shape index (κ2) is 6.02. The van der Waals surface area contributed by atoms with E-state index in [4.69, 9.17) is 4.74 Å². The lowest BCUT2D eigenvalue weighted by Crippen LogP contribution is -2.13. The van der Waals surface area contributed by atoms with Crippen LogP contribution in [0.15, 0.2) is 54.6 Å². The molecular formula is C18H18O2. The van der Waals surface area contributed by atoms with Gasteiger partial charge in [0.05, 0.1) is 6.10 Å². The molecule has 1 fully saturated rings. The van der Waals surface area contributed by atoms with Crippen LogP contribution in [0.5, 0.6) is 0 Å². The molecule has 2 nitrogen and oxygen atoms in total. The Morgan fingerprint density at radius 1 is 1.05 bits per heavy atom. The molecule has 0 spiro atoms. The van der Waals surface area contributed by atoms with E-state index in [2.05, 4.69) is 0 Å². The van der Waals surface area contributed by atoms with Crippen molar-refractivity contribution in [2.24, 2.45) is 0 Å². The average molecular weight is 266 g/mol. The SMILES string of the molecule is O=C(c1ccccc1)c1ccccc1CC1CCCO1. The monoisotopic (exact) mass is 266 g/mol. The first-order chi connectivity index (χ1) is 9.84. The molecule has 0 aliphatic carbocycles. The molecule has 2 aromatic carbocycles. The fourth-order valence-corrected chi connectivity index (χ4v) is 2.72. The Morgan fingerprint density at radius 3 is 2.55 bits per heavy atom. The predicted octanol–water partition coefficient (Wildman–Crippen LogP) is 3.64. The van der Waals surface area contributed by atoms with Crippen molar-refractivity contribution in [1.29, 1.82) is 0 Å². The van der Waals surface area contributed by atoms with E-state index in [-0.39, 0.29) is 11.9 Å². The molecule has 2 aromatic rings. The largest absolute Gasteiger partial charge is 0.378 e. The van der Waals surface area contributed by atoms with Crippen LogP contribution in [0, 0.1) is 0 Å². The average Bonchev–Trinajstić information content (AvgIpc) is 3.01. The van der Waals surface area contributed by atoms with Gasteiger partial charge in [0, 0.05) is 17.7 Å². The van der Waals surface area contributed by atoms with E-state index in [1.165, 1.54) is 0 Å². The van der Waals surface area contributed by atoms with Crippen LogP contribution in [-0.2, 0) is 11.2 Å². The molecule has 1 unspecified atom stereocenters. The molecule has 0 saturated carbocycles. The molecule has 3 rings (SSSR count). The maximum atomic E-state index is 12.6. The minimum atomic E-state index is 0.0965. The first kappa shape index (κ1) is 13.1. The van der Waals surface area contributed by atoms with Crippen LogP contribution in [-0.4, -0.2) is 18.5 Å². The van der Waals surface area contributed by atoms with E-state index in [0.717, 1.165) is 42.6 Å². The van der Waals surface area contributed by atoms with Gasteiger partial charge < -0.3 is 4.74 Å². The van der Waals surface area contributed by atoms with Crippen molar-refractivity contribution in [1.82, 2.24) is 0 Å². The fourth-order valence-electron chi connectivity index (χ4n) is 2.72. The van der Waals surface area contributed by atoms with Crippen molar-refractivity contribution in [2.45, 2.75) is 25.4 Å². The van der Waals surface area contributed by atoms with Gasteiger partial charge in [0.15, 0.2) is 5.78 Å². The Labute approximate surface area is 119 Å². The summed E-state index contributed by atoms with van der Waals surface area (Å²) >= 11 is 0. The summed E-state index contributed by atoms with van der Waals surface area (Å²) in [7, 11) is 0. The lowest BCUT2D eigenvalue weighted by atomic mass is 9.94. The topological polar surface area (TPSA) is 26.3 Å². The van der Waals surface area contributed by atoms with Gasteiger partial charge in [0.1, 0.15) is 0 Å². The summed E-state index contributed by atoms with van der Waals surface area (Å²) in [6.07, 6.45) is 3.31. The lowest BCUT2D eigenvalue weighted by Gasteiger charge is -2.13. The standard InChI is InChI=1S/C18H18O2/c19-18(14-7-2-1-3-8-14)17-11-5-4-9-15(17)13-16-10-6-12-20-16/h1-5,7-9,11,16H,6,10,12-13H2. The van der Waals surface area contributed by atoms with Crippen molar-refractivity contribution in [2.75, 3.05) is 6.61 Å². The van der Waals surface area contributed by atoms with Gasteiger partial charge in [-0.15, -0.1) is 0 Å². The molecule has 1 saturated heterocycles. The number of ketones is 1. The van der Waals surface area contributed by atoms with Crippen molar-refractivity contribution in [3.63, 3.8) is 0 Å². The van der Waals surface area contributed by atoms with E-state index in [9.17, 15) is 4.79 Å². The first-order valence-electron chi connectivity index (χ1n) is 7.14. The highest BCUT2D eigenvalue weighted by molar-refractivity contribution is 6.09. The molecular weight excluding hydrogens is 248 g/mol. The van der Waals surface area contributed by atoms with Crippen LogP contribution in [0.4, 0.5) is 0 Å². The number of carbonyl (C=O) groups excluding carboxylic acids is 1. The number of hydrogen-bond donors (Lipinski definition) is 0. The molecule has 0 amide bonds. The number of benzene rings is 2. The van der Waals surface area contributed by atoms with Gasteiger partial charge in [-0.05, 0) is 24.8 Å². The first-order valence-corrected chi connectivity index (χ1v) is 7.14. The van der Waals surface area contributed by atoms with Crippen LogP contribution in [0.3, 0.4) is 0 Å². The van der Waals surface area contributed by atoms with Gasteiger partial charge in [0.25, 0.3) is 0 Å². The zero-order valence-electron chi connectivity index (χ0n) is 11.4. The Kier molecular flexibility index (Phi) is 3.93. The zero-order valence-corrected chi connectivity index (χ0v) is 11.4. The smallest absolute Gasteiger partial charge is 0.193 e. The highest BCUT2D eigenvalue weighted by Gasteiger charge is 2.19. The molecule has 2 heteroatoms. The quantitative estimate of drug-likeness (QED) is 0.790. The lowest BCUT2D eigenvalue weighted by molar-refractivity contribution is 0.103. The van der Waals surface area contributed by atoms with Gasteiger partial charge in [-0.3, -0.25) is 4.79 Å². The Bertz CT molecular complexity index is 583. The van der Waals surface area contributed by atoms with Crippen LogP contribution in [0.25, 0.3) is 0 Å². The fraction of sp³-hybridized carbons (Fsp3) is 0.278. The van der Waals surface area contributed by atoms with E-state index in [0.29, 0.717) is 0 Å². The summed E-state index contributed by atoms with van der Waals surface area (Å²) in [5.41, 5.74) is 2.63. The summed E-state index contributed by atoms with van der Waals surface area (Å²) in [4.78, 5) is 12.6. The predicted molar refractivity (Wildman–Crippen MR) is 79.0 cm³/mol. The highest BCUT2D eigenvalue weighted by Crippen LogP contribution is 2.21. The molecule has 1 aliphatic rings. The minimum absolute atomic E-state index is 0.0965. The van der Waals surface area contributed by atoms with Crippen molar-refractivity contribution < 1.29 is 9.53 Å². The summed E-state index contributed by atoms with van der Waals surface area (Å²) in [5, 5.41) is 0. The molecule has 20 heavy (non-hydrogen) atoms. The molecule has 1 atom stereocenters. The number of carbonyl (C=O) groups is 1. The van der Waals surface area contributed by atoms with Crippen molar-refractivity contribution in [3.8, 4) is 0 Å². The number of ether oxygens (including phenoxy) is 1. The second-order valence-electron chi connectivity index (χ2n) is 5.19. The Balaban J connectivity index is 1.87. The van der Waals surface area contributed by atoms with E-state index >= 15 is 0 Å². The molecule has 1 aliphatic heterocycles. The maximum Gasteiger partial charge on any atom is 0.193 e. The maximum absolute atomic E-state index is 12.6. The molecule has 0 N–H and O–H groups in total. The molecule has 102 valence electrons. The third-order valence-electron chi connectivity index (χ3n) is 3.77. The highest BCUT2D eigenvalue weighted by atomic mass is 16.5. The third kappa shape index (κ3) is 2.81. The van der Waals surface area contributed by atoms with E-state index in [1.54, 1.807) is 0 Å². The molecule has 0 bridgehead atoms.